The van der Waals surface area contributed by atoms with Crippen LogP contribution in [-0.2, 0) is 11.3 Å². The van der Waals surface area contributed by atoms with Gasteiger partial charge in [-0.2, -0.15) is 13.2 Å². The number of benzene rings is 2. The van der Waals surface area contributed by atoms with E-state index >= 15 is 0 Å². The molecule has 0 radical (unpaired) electrons. The molecule has 9 heteroatoms. The topological polar surface area (TPSA) is 28.1 Å². The third-order valence-electron chi connectivity index (χ3n) is 5.81. The second-order valence-corrected chi connectivity index (χ2v) is 8.56. The average molecular weight is 470 g/mol. The van der Waals surface area contributed by atoms with Crippen molar-refractivity contribution in [3.8, 4) is 0 Å². The zero-order valence-electron chi connectivity index (χ0n) is 17.3. The smallest absolute Gasteiger partial charge is 0.414 e. The first-order valence-electron chi connectivity index (χ1n) is 10.5. The van der Waals surface area contributed by atoms with E-state index in [1.807, 2.05) is 18.2 Å². The van der Waals surface area contributed by atoms with Crippen LogP contribution in [0.2, 0.25) is 0 Å². The molecule has 2 aromatic rings. The minimum atomic E-state index is -4.66. The summed E-state index contributed by atoms with van der Waals surface area (Å²) in [5.74, 6) is -0.516. The van der Waals surface area contributed by atoms with E-state index in [-0.39, 0.29) is 24.2 Å². The molecule has 2 aromatic carbocycles. The van der Waals surface area contributed by atoms with Gasteiger partial charge in [0.05, 0.1) is 12.3 Å². The number of alkyl halides is 4. The van der Waals surface area contributed by atoms with Gasteiger partial charge in [-0.25, -0.2) is 9.38 Å². The molecule has 4 nitrogen and oxygen atoms in total. The standard InChI is InChI=1S/C23H24ClF4N3O/c24-21-20(23(26,27)28)29-22(31(21)19-9-5-4-8-18(19)25)32-15-17-10-12-30(13-11-17)14-16-6-2-1-3-7-16/h1-9,17,20-21H,10-15H2. The summed E-state index contributed by atoms with van der Waals surface area (Å²) in [5, 5.41) is 0. The van der Waals surface area contributed by atoms with E-state index in [1.165, 1.54) is 29.8 Å². The number of para-hydroxylation sites is 1. The van der Waals surface area contributed by atoms with Crippen LogP contribution in [0.3, 0.4) is 0 Å². The molecule has 2 unspecified atom stereocenters. The molecule has 32 heavy (non-hydrogen) atoms. The highest BCUT2D eigenvalue weighted by atomic mass is 35.5. The Hall–Kier alpha value is -2.32. The SMILES string of the molecule is Fc1ccccc1N1C(OCC2CCN(Cc3ccccc3)CC2)=NC(C(F)(F)F)C1Cl. The summed E-state index contributed by atoms with van der Waals surface area (Å²) in [5.41, 5.74) is -0.459. The summed E-state index contributed by atoms with van der Waals surface area (Å²) in [4.78, 5) is 7.03. The molecular formula is C23H24ClF4N3O. The predicted molar refractivity (Wildman–Crippen MR) is 116 cm³/mol. The first kappa shape index (κ1) is 22.9. The molecule has 4 rings (SSSR count). The van der Waals surface area contributed by atoms with Crippen molar-refractivity contribution in [1.82, 2.24) is 4.90 Å². The number of rotatable bonds is 5. The molecule has 2 heterocycles. The van der Waals surface area contributed by atoms with Gasteiger partial charge < -0.3 is 4.74 Å². The van der Waals surface area contributed by atoms with Crippen LogP contribution in [-0.4, -0.2) is 48.3 Å². The van der Waals surface area contributed by atoms with Crippen molar-refractivity contribution in [2.24, 2.45) is 10.9 Å². The third-order valence-corrected chi connectivity index (χ3v) is 6.25. The quantitative estimate of drug-likeness (QED) is 0.332. The number of hydrogen-bond acceptors (Lipinski definition) is 4. The number of hydrogen-bond donors (Lipinski definition) is 0. The van der Waals surface area contributed by atoms with Crippen molar-refractivity contribution in [3.63, 3.8) is 0 Å². The van der Waals surface area contributed by atoms with E-state index in [2.05, 4.69) is 22.0 Å². The van der Waals surface area contributed by atoms with E-state index in [0.717, 1.165) is 37.4 Å². The third kappa shape index (κ3) is 5.18. The maximum atomic E-state index is 14.3. The first-order valence-corrected chi connectivity index (χ1v) is 11.0. The van der Waals surface area contributed by atoms with Crippen molar-refractivity contribution in [2.75, 3.05) is 24.6 Å². The molecule has 1 saturated heterocycles. The number of ether oxygens (including phenoxy) is 1. The fraction of sp³-hybridized carbons (Fsp3) is 0.435. The van der Waals surface area contributed by atoms with Crippen molar-refractivity contribution in [1.29, 1.82) is 0 Å². The number of piperidine rings is 1. The zero-order valence-corrected chi connectivity index (χ0v) is 18.1. The Morgan fingerprint density at radius 1 is 1.00 bits per heavy atom. The van der Waals surface area contributed by atoms with Gasteiger partial charge in [-0.05, 0) is 49.5 Å². The Balaban J connectivity index is 1.39. The summed E-state index contributed by atoms with van der Waals surface area (Å²) >= 11 is 6.09. The van der Waals surface area contributed by atoms with Crippen molar-refractivity contribution >= 4 is 23.3 Å². The first-order chi connectivity index (χ1) is 15.3. The number of nitrogens with zero attached hydrogens (tertiary/aromatic N) is 3. The second kappa shape index (κ2) is 9.67. The molecule has 2 aliphatic heterocycles. The molecule has 0 aromatic heterocycles. The van der Waals surface area contributed by atoms with Gasteiger partial charge in [0.2, 0.25) is 0 Å². The van der Waals surface area contributed by atoms with E-state index in [9.17, 15) is 17.6 Å². The summed E-state index contributed by atoms with van der Waals surface area (Å²) in [6, 6.07) is 13.2. The Bertz CT molecular complexity index is 932. The van der Waals surface area contributed by atoms with Gasteiger partial charge in [0.25, 0.3) is 6.02 Å². The van der Waals surface area contributed by atoms with Crippen LogP contribution in [0, 0.1) is 11.7 Å². The number of halogens is 5. The number of amidine groups is 1. The van der Waals surface area contributed by atoms with Gasteiger partial charge in [-0.3, -0.25) is 9.80 Å². The number of anilines is 1. The average Bonchev–Trinajstić information content (AvgIpc) is 3.11. The fourth-order valence-corrected chi connectivity index (χ4v) is 4.44. The van der Waals surface area contributed by atoms with E-state index in [0.29, 0.717) is 0 Å². The lowest BCUT2D eigenvalue weighted by Crippen LogP contribution is -2.43. The number of likely N-dealkylation sites (tertiary alicyclic amines) is 1. The normalized spacial score (nSPS) is 22.8. The highest BCUT2D eigenvalue weighted by molar-refractivity contribution is 6.26. The van der Waals surface area contributed by atoms with Crippen LogP contribution < -0.4 is 4.90 Å². The zero-order chi connectivity index (χ0) is 22.7. The molecule has 0 saturated carbocycles. The lowest BCUT2D eigenvalue weighted by Gasteiger charge is -2.32. The molecule has 2 aliphatic rings. The summed E-state index contributed by atoms with van der Waals surface area (Å²) in [7, 11) is 0. The van der Waals surface area contributed by atoms with Crippen molar-refractivity contribution < 1.29 is 22.3 Å². The fourth-order valence-electron chi connectivity index (χ4n) is 4.05. The van der Waals surface area contributed by atoms with Gasteiger partial charge in [-0.15, -0.1) is 0 Å². The van der Waals surface area contributed by atoms with Crippen molar-refractivity contribution in [2.45, 2.75) is 37.1 Å². The van der Waals surface area contributed by atoms with Crippen LogP contribution in [0.4, 0.5) is 23.2 Å². The maximum absolute atomic E-state index is 14.3. The molecule has 2 atom stereocenters. The van der Waals surface area contributed by atoms with Crippen LogP contribution in [0.25, 0.3) is 0 Å². The molecule has 0 aliphatic carbocycles. The molecule has 0 bridgehead atoms. The van der Waals surface area contributed by atoms with E-state index in [4.69, 9.17) is 16.3 Å². The summed E-state index contributed by atoms with van der Waals surface area (Å²) in [6.07, 6.45) is -2.95. The van der Waals surface area contributed by atoms with Crippen LogP contribution in [0.1, 0.15) is 18.4 Å². The highest BCUT2D eigenvalue weighted by Crippen LogP contribution is 2.38. The predicted octanol–water partition coefficient (Wildman–Crippen LogP) is 5.43. The van der Waals surface area contributed by atoms with Gasteiger partial charge in [0.1, 0.15) is 11.3 Å². The minimum Gasteiger partial charge on any atom is -0.465 e. The molecule has 0 N–H and O–H groups in total. The Labute approximate surface area is 189 Å². The largest absolute Gasteiger partial charge is 0.465 e. The number of aliphatic imine (C=N–C) groups is 1. The Kier molecular flexibility index (Phi) is 6.90. The molecular weight excluding hydrogens is 446 g/mol. The summed E-state index contributed by atoms with van der Waals surface area (Å²) in [6.45, 7) is 2.81. The van der Waals surface area contributed by atoms with Gasteiger partial charge in [0, 0.05) is 6.54 Å². The Morgan fingerprint density at radius 2 is 1.66 bits per heavy atom. The van der Waals surface area contributed by atoms with E-state index < -0.39 is 23.5 Å². The van der Waals surface area contributed by atoms with Crippen LogP contribution in [0.5, 0.6) is 0 Å². The molecule has 172 valence electrons. The highest BCUT2D eigenvalue weighted by Gasteiger charge is 2.52. The van der Waals surface area contributed by atoms with Gasteiger partial charge in [0.15, 0.2) is 6.04 Å². The minimum absolute atomic E-state index is 0.0873. The lowest BCUT2D eigenvalue weighted by molar-refractivity contribution is -0.145. The molecule has 1 fully saturated rings. The monoisotopic (exact) mass is 469 g/mol. The molecule has 0 spiro atoms. The maximum Gasteiger partial charge on any atom is 0.414 e. The van der Waals surface area contributed by atoms with Gasteiger partial charge in [-0.1, -0.05) is 54.1 Å². The lowest BCUT2D eigenvalue weighted by atomic mass is 9.97. The summed E-state index contributed by atoms with van der Waals surface area (Å²) < 4.78 is 60.3. The van der Waals surface area contributed by atoms with Gasteiger partial charge >= 0.3 is 6.18 Å². The van der Waals surface area contributed by atoms with Crippen molar-refractivity contribution in [3.05, 3.63) is 66.0 Å². The molecule has 0 amide bonds. The Morgan fingerprint density at radius 3 is 2.31 bits per heavy atom. The second-order valence-electron chi connectivity index (χ2n) is 8.11. The van der Waals surface area contributed by atoms with Crippen LogP contribution in [0.15, 0.2) is 59.6 Å². The van der Waals surface area contributed by atoms with Crippen LogP contribution >= 0.6 is 11.6 Å². The van der Waals surface area contributed by atoms with E-state index in [1.54, 1.807) is 0 Å².